The standard InChI is InChI=1S/C17H17ClF2N6O3/c1-8(28-2)13-11(6-22-26-7-12(14(19)20)24-15(13)26)25-17(27)23-9-4-10(18)16(29-3)21-5-9/h4-8,14H,1-3H3,(H2,23,25,27). The molecule has 1 unspecified atom stereocenters. The number of rotatable bonds is 6. The molecule has 0 saturated carbocycles. The van der Waals surface area contributed by atoms with Gasteiger partial charge in [0.15, 0.2) is 5.65 Å². The molecule has 12 heteroatoms. The number of imidazole rings is 1. The van der Waals surface area contributed by atoms with Crippen molar-refractivity contribution in [1.29, 1.82) is 0 Å². The lowest BCUT2D eigenvalue weighted by Crippen LogP contribution is -2.21. The summed E-state index contributed by atoms with van der Waals surface area (Å²) in [5, 5.41) is 9.44. The minimum Gasteiger partial charge on any atom is -0.480 e. The van der Waals surface area contributed by atoms with Crippen LogP contribution in [0.15, 0.2) is 24.7 Å². The Kier molecular flexibility index (Phi) is 6.09. The second-order valence-corrected chi connectivity index (χ2v) is 6.29. The average molecular weight is 427 g/mol. The first kappa shape index (κ1) is 20.7. The Balaban J connectivity index is 1.90. The van der Waals surface area contributed by atoms with E-state index in [9.17, 15) is 13.6 Å². The molecule has 0 fully saturated rings. The summed E-state index contributed by atoms with van der Waals surface area (Å²) in [4.78, 5) is 20.3. The monoisotopic (exact) mass is 426 g/mol. The largest absolute Gasteiger partial charge is 0.480 e. The topological polar surface area (TPSA) is 103 Å². The number of ether oxygens (including phenoxy) is 2. The predicted octanol–water partition coefficient (Wildman–Crippen LogP) is 4.08. The van der Waals surface area contributed by atoms with Gasteiger partial charge in [0.25, 0.3) is 6.43 Å². The van der Waals surface area contributed by atoms with Gasteiger partial charge in [-0.05, 0) is 13.0 Å². The Morgan fingerprint density at radius 1 is 1.28 bits per heavy atom. The van der Waals surface area contributed by atoms with Crippen LogP contribution in [0.25, 0.3) is 5.65 Å². The number of nitrogens with zero attached hydrogens (tertiary/aromatic N) is 4. The first-order valence-electron chi connectivity index (χ1n) is 8.30. The molecule has 154 valence electrons. The van der Waals surface area contributed by atoms with Gasteiger partial charge in [-0.3, -0.25) is 0 Å². The summed E-state index contributed by atoms with van der Waals surface area (Å²) in [6.45, 7) is 1.70. The van der Waals surface area contributed by atoms with Crippen LogP contribution in [-0.2, 0) is 4.74 Å². The molecular formula is C17H17ClF2N6O3. The van der Waals surface area contributed by atoms with E-state index in [1.165, 1.54) is 37.2 Å². The number of methoxy groups -OCH3 is 2. The predicted molar refractivity (Wildman–Crippen MR) is 102 cm³/mol. The fraction of sp³-hybridized carbons (Fsp3) is 0.294. The molecule has 29 heavy (non-hydrogen) atoms. The number of carbonyl (C=O) groups is 1. The van der Waals surface area contributed by atoms with Gasteiger partial charge in [0.1, 0.15) is 10.7 Å². The summed E-state index contributed by atoms with van der Waals surface area (Å²) in [6, 6.07) is 0.848. The molecule has 3 rings (SSSR count). The van der Waals surface area contributed by atoms with Crippen LogP contribution in [0.3, 0.4) is 0 Å². The highest BCUT2D eigenvalue weighted by molar-refractivity contribution is 6.32. The lowest BCUT2D eigenvalue weighted by atomic mass is 10.1. The third kappa shape index (κ3) is 4.35. The van der Waals surface area contributed by atoms with E-state index in [0.717, 1.165) is 6.20 Å². The highest BCUT2D eigenvalue weighted by Gasteiger charge is 2.22. The summed E-state index contributed by atoms with van der Waals surface area (Å²) >= 11 is 5.99. The molecule has 0 aliphatic carbocycles. The second kappa shape index (κ2) is 8.53. The van der Waals surface area contributed by atoms with Crippen LogP contribution in [0.1, 0.15) is 30.7 Å². The van der Waals surface area contributed by atoms with Crippen LogP contribution in [-0.4, -0.2) is 39.8 Å². The molecule has 0 aliphatic heterocycles. The number of fused-ring (bicyclic) bond motifs is 1. The van der Waals surface area contributed by atoms with Crippen molar-refractivity contribution in [3.8, 4) is 5.88 Å². The fourth-order valence-electron chi connectivity index (χ4n) is 2.62. The van der Waals surface area contributed by atoms with E-state index in [2.05, 4.69) is 25.7 Å². The van der Waals surface area contributed by atoms with E-state index in [1.54, 1.807) is 6.92 Å². The molecule has 3 aromatic rings. The van der Waals surface area contributed by atoms with Crippen molar-refractivity contribution in [1.82, 2.24) is 19.6 Å². The van der Waals surface area contributed by atoms with E-state index < -0.39 is 24.3 Å². The first-order chi connectivity index (χ1) is 13.8. The number of hydrogen-bond acceptors (Lipinski definition) is 6. The zero-order valence-corrected chi connectivity index (χ0v) is 16.4. The molecule has 0 bridgehead atoms. The van der Waals surface area contributed by atoms with Gasteiger partial charge in [0.05, 0.1) is 48.7 Å². The van der Waals surface area contributed by atoms with Gasteiger partial charge in [-0.15, -0.1) is 0 Å². The number of pyridine rings is 1. The van der Waals surface area contributed by atoms with Crippen LogP contribution in [0.5, 0.6) is 5.88 Å². The molecular weight excluding hydrogens is 410 g/mol. The van der Waals surface area contributed by atoms with E-state index in [1.807, 2.05) is 0 Å². The Hall–Kier alpha value is -3.05. The highest BCUT2D eigenvalue weighted by atomic mass is 35.5. The summed E-state index contributed by atoms with van der Waals surface area (Å²) in [6.07, 6.45) is 0.512. The lowest BCUT2D eigenvalue weighted by Gasteiger charge is -2.16. The lowest BCUT2D eigenvalue weighted by molar-refractivity contribution is 0.120. The maximum Gasteiger partial charge on any atom is 0.323 e. The minimum absolute atomic E-state index is 0.154. The van der Waals surface area contributed by atoms with Crippen LogP contribution in [0.2, 0.25) is 5.02 Å². The molecule has 9 nitrogen and oxygen atoms in total. The first-order valence-corrected chi connectivity index (χ1v) is 8.68. The number of anilines is 2. The number of alkyl halides is 2. The second-order valence-electron chi connectivity index (χ2n) is 5.88. The minimum atomic E-state index is -2.76. The highest BCUT2D eigenvalue weighted by Crippen LogP contribution is 2.30. The maximum atomic E-state index is 13.0. The van der Waals surface area contributed by atoms with Gasteiger partial charge < -0.3 is 20.1 Å². The van der Waals surface area contributed by atoms with Gasteiger partial charge in [-0.2, -0.15) is 5.10 Å². The van der Waals surface area contributed by atoms with E-state index in [0.29, 0.717) is 11.3 Å². The number of aromatic nitrogens is 4. The van der Waals surface area contributed by atoms with Crippen molar-refractivity contribution in [2.45, 2.75) is 19.5 Å². The van der Waals surface area contributed by atoms with Crippen LogP contribution < -0.4 is 15.4 Å². The van der Waals surface area contributed by atoms with Gasteiger partial charge in [-0.1, -0.05) is 11.6 Å². The summed E-state index contributed by atoms with van der Waals surface area (Å²) in [7, 11) is 2.87. The third-order valence-electron chi connectivity index (χ3n) is 4.04. The van der Waals surface area contributed by atoms with Crippen LogP contribution in [0, 0.1) is 0 Å². The van der Waals surface area contributed by atoms with Gasteiger partial charge in [0.2, 0.25) is 5.88 Å². The molecule has 2 amide bonds. The fourth-order valence-corrected chi connectivity index (χ4v) is 2.87. The summed E-state index contributed by atoms with van der Waals surface area (Å²) in [5.74, 6) is 0.220. The van der Waals surface area contributed by atoms with Crippen molar-refractivity contribution in [3.63, 3.8) is 0 Å². The number of halogens is 3. The number of hydrogen-bond donors (Lipinski definition) is 2. The normalized spacial score (nSPS) is 12.2. The Labute approximate surface area is 169 Å². The van der Waals surface area contributed by atoms with E-state index >= 15 is 0 Å². The Morgan fingerprint density at radius 3 is 2.66 bits per heavy atom. The molecule has 0 aliphatic rings. The number of urea groups is 1. The molecule has 0 spiro atoms. The van der Waals surface area contributed by atoms with Crippen molar-refractivity contribution >= 4 is 34.7 Å². The van der Waals surface area contributed by atoms with Crippen molar-refractivity contribution in [3.05, 3.63) is 40.9 Å². The molecule has 0 saturated heterocycles. The molecule has 3 heterocycles. The quantitative estimate of drug-likeness (QED) is 0.615. The number of nitrogens with one attached hydrogen (secondary N) is 2. The van der Waals surface area contributed by atoms with Gasteiger partial charge in [0, 0.05) is 7.11 Å². The number of amides is 2. The van der Waals surface area contributed by atoms with Crippen LogP contribution in [0.4, 0.5) is 25.0 Å². The smallest absolute Gasteiger partial charge is 0.323 e. The SMILES string of the molecule is COc1ncc(NC(=O)Nc2cnn3cc(C(F)F)nc3c2C(C)OC)cc1Cl. The van der Waals surface area contributed by atoms with Gasteiger partial charge >= 0.3 is 6.03 Å². The summed E-state index contributed by atoms with van der Waals surface area (Å²) < 4.78 is 37.5. The molecule has 3 aromatic heterocycles. The number of carbonyl (C=O) groups excluding carboxylic acids is 1. The van der Waals surface area contributed by atoms with E-state index in [-0.39, 0.29) is 22.2 Å². The van der Waals surface area contributed by atoms with Gasteiger partial charge in [-0.25, -0.2) is 28.1 Å². The van der Waals surface area contributed by atoms with Crippen LogP contribution >= 0.6 is 11.6 Å². The zero-order chi connectivity index (χ0) is 21.1. The maximum absolute atomic E-state index is 13.0. The zero-order valence-electron chi connectivity index (χ0n) is 15.6. The third-order valence-corrected chi connectivity index (χ3v) is 4.31. The molecule has 0 aromatic carbocycles. The van der Waals surface area contributed by atoms with Crippen molar-refractivity contribution in [2.75, 3.05) is 24.9 Å². The van der Waals surface area contributed by atoms with Crippen molar-refractivity contribution < 1.29 is 23.0 Å². The average Bonchev–Trinajstić information content (AvgIpc) is 3.12. The van der Waals surface area contributed by atoms with Crippen molar-refractivity contribution in [2.24, 2.45) is 0 Å². The Morgan fingerprint density at radius 2 is 2.03 bits per heavy atom. The molecule has 1 atom stereocenters. The Bertz CT molecular complexity index is 1050. The molecule has 2 N–H and O–H groups in total. The summed E-state index contributed by atoms with van der Waals surface area (Å²) in [5.41, 5.74) is 0.701. The van der Waals surface area contributed by atoms with E-state index in [4.69, 9.17) is 21.1 Å². The molecule has 0 radical (unpaired) electrons.